The second kappa shape index (κ2) is 5.69. The van der Waals surface area contributed by atoms with E-state index in [9.17, 15) is 9.59 Å². The maximum absolute atomic E-state index is 10.7. The lowest BCUT2D eigenvalue weighted by atomic mass is 10.2. The van der Waals surface area contributed by atoms with Gasteiger partial charge in [-0.15, -0.1) is 0 Å². The van der Waals surface area contributed by atoms with E-state index in [-0.39, 0.29) is 12.4 Å². The van der Waals surface area contributed by atoms with Crippen LogP contribution >= 0.6 is 0 Å². The first-order chi connectivity index (χ1) is 5.24. The van der Waals surface area contributed by atoms with Gasteiger partial charge in [-0.05, 0) is 13.3 Å². The molecule has 0 amide bonds. The molecule has 0 saturated carbocycles. The van der Waals surface area contributed by atoms with Gasteiger partial charge in [-0.2, -0.15) is 0 Å². The van der Waals surface area contributed by atoms with E-state index in [0.29, 0.717) is 18.6 Å². The number of rotatable bonds is 4. The van der Waals surface area contributed by atoms with Gasteiger partial charge >= 0.3 is 5.97 Å². The number of hydrogen-bond donors (Lipinski definition) is 0. The smallest absolute Gasteiger partial charge is 0.310 e. The zero-order valence-electron chi connectivity index (χ0n) is 6.85. The highest BCUT2D eigenvalue weighted by Gasteiger charge is 2.04. The van der Waals surface area contributed by atoms with Crippen LogP contribution in [0.5, 0.6) is 0 Å². The third kappa shape index (κ3) is 4.34. The van der Waals surface area contributed by atoms with Crippen LogP contribution in [0.3, 0.4) is 0 Å². The van der Waals surface area contributed by atoms with Gasteiger partial charge in [0.1, 0.15) is 5.94 Å². The third-order valence-corrected chi connectivity index (χ3v) is 1.23. The van der Waals surface area contributed by atoms with Crippen molar-refractivity contribution in [3.63, 3.8) is 0 Å². The average Bonchev–Trinajstić information content (AvgIpc) is 2.01. The first kappa shape index (κ1) is 9.92. The molecule has 0 aliphatic carbocycles. The molecule has 0 aliphatic heterocycles. The normalized spacial score (nSPS) is 8.55. The maximum atomic E-state index is 10.7. The molecule has 0 N–H and O–H groups in total. The summed E-state index contributed by atoms with van der Waals surface area (Å²) >= 11 is 0. The summed E-state index contributed by atoms with van der Waals surface area (Å²) < 4.78 is 4.64. The Hall–Kier alpha value is -1.08. The molecule has 0 fully saturated rings. The number of carbonyl (C=O) groups excluding carboxylic acids is 2. The van der Waals surface area contributed by atoms with Gasteiger partial charge in [-0.25, -0.2) is 4.79 Å². The van der Waals surface area contributed by atoms with Gasteiger partial charge in [0.15, 0.2) is 0 Å². The van der Waals surface area contributed by atoms with E-state index < -0.39 is 0 Å². The number of hydrogen-bond acceptors (Lipinski definition) is 3. The summed E-state index contributed by atoms with van der Waals surface area (Å²) in [5.74, 6) is 1.35. The fourth-order valence-corrected chi connectivity index (χ4v) is 0.620. The van der Waals surface area contributed by atoms with Crippen molar-refractivity contribution in [2.24, 2.45) is 0 Å². The fraction of sp³-hybridized carbons (Fsp3) is 0.625. The van der Waals surface area contributed by atoms with Gasteiger partial charge in [0.25, 0.3) is 0 Å². The van der Waals surface area contributed by atoms with Crippen molar-refractivity contribution >= 4 is 11.9 Å². The fourth-order valence-electron chi connectivity index (χ4n) is 0.620. The van der Waals surface area contributed by atoms with Crippen LogP contribution in [0.25, 0.3) is 0 Å². The van der Waals surface area contributed by atoms with Crippen LogP contribution < -0.4 is 0 Å². The molecule has 0 saturated heterocycles. The van der Waals surface area contributed by atoms with Gasteiger partial charge in [0.05, 0.1) is 13.0 Å². The summed E-state index contributed by atoms with van der Waals surface area (Å²) in [6.45, 7) is 3.89. The molecule has 0 aliphatic rings. The summed E-state index contributed by atoms with van der Waals surface area (Å²) in [7, 11) is 0. The van der Waals surface area contributed by atoms with E-state index >= 15 is 0 Å². The molecule has 62 valence electrons. The molecule has 0 unspecified atom stereocenters. The van der Waals surface area contributed by atoms with Crippen molar-refractivity contribution in [3.05, 3.63) is 5.57 Å². The molecule has 0 aromatic heterocycles. The minimum absolute atomic E-state index is 0.0772. The Bertz CT molecular complexity index is 178. The van der Waals surface area contributed by atoms with Crippen LogP contribution in [0.1, 0.15) is 26.7 Å². The summed E-state index contributed by atoms with van der Waals surface area (Å²) in [5, 5.41) is 0. The zero-order valence-corrected chi connectivity index (χ0v) is 6.85. The van der Waals surface area contributed by atoms with Crippen molar-refractivity contribution < 1.29 is 14.3 Å². The summed E-state index contributed by atoms with van der Waals surface area (Å²) in [5.41, 5.74) is 0.462. The molecular weight excluding hydrogens is 144 g/mol. The van der Waals surface area contributed by atoms with Crippen molar-refractivity contribution in [2.45, 2.75) is 26.7 Å². The van der Waals surface area contributed by atoms with Crippen molar-refractivity contribution in [3.8, 4) is 0 Å². The van der Waals surface area contributed by atoms with E-state index in [1.54, 1.807) is 19.8 Å². The summed E-state index contributed by atoms with van der Waals surface area (Å²) in [6.07, 6.45) is 0.635. The number of carbonyl (C=O) groups is 1. The Morgan fingerprint density at radius 2 is 2.09 bits per heavy atom. The van der Waals surface area contributed by atoms with E-state index in [4.69, 9.17) is 0 Å². The van der Waals surface area contributed by atoms with Crippen LogP contribution in [-0.4, -0.2) is 18.5 Å². The standard InChI is InChI=1S/C8H12O3/c1-3-7(6-9)5-8(10)11-4-2/h3-5H2,1-2H3. The highest BCUT2D eigenvalue weighted by Crippen LogP contribution is 2.02. The van der Waals surface area contributed by atoms with Gasteiger partial charge in [-0.1, -0.05) is 6.92 Å². The highest BCUT2D eigenvalue weighted by molar-refractivity contribution is 5.75. The molecule has 11 heavy (non-hydrogen) atoms. The minimum Gasteiger partial charge on any atom is -0.466 e. The first-order valence-corrected chi connectivity index (χ1v) is 3.63. The molecule has 3 nitrogen and oxygen atoms in total. The molecule has 0 bridgehead atoms. The summed E-state index contributed by atoms with van der Waals surface area (Å²) in [4.78, 5) is 20.9. The average molecular weight is 156 g/mol. The van der Waals surface area contributed by atoms with Crippen LogP contribution in [0, 0.1) is 0 Å². The lowest BCUT2D eigenvalue weighted by molar-refractivity contribution is -0.142. The second-order valence-corrected chi connectivity index (χ2v) is 2.04. The van der Waals surface area contributed by atoms with Gasteiger partial charge in [-0.3, -0.25) is 4.79 Å². The molecule has 0 atom stereocenters. The molecule has 0 spiro atoms. The van der Waals surface area contributed by atoms with E-state index in [1.165, 1.54) is 0 Å². The van der Waals surface area contributed by atoms with Crippen LogP contribution in [0.4, 0.5) is 0 Å². The SMILES string of the molecule is CCOC(=O)CC(=C=O)CC. The van der Waals surface area contributed by atoms with Crippen LogP contribution in [0.2, 0.25) is 0 Å². The Kier molecular flexibility index (Phi) is 5.13. The molecule has 0 heterocycles. The number of ether oxygens (including phenoxy) is 1. The zero-order chi connectivity index (χ0) is 8.69. The third-order valence-electron chi connectivity index (χ3n) is 1.23. The Labute approximate surface area is 66.0 Å². The lowest BCUT2D eigenvalue weighted by Gasteiger charge is -1.99. The van der Waals surface area contributed by atoms with Gasteiger partial charge < -0.3 is 4.74 Å². The van der Waals surface area contributed by atoms with Crippen LogP contribution in [0.15, 0.2) is 5.57 Å². The molecule has 0 aromatic carbocycles. The van der Waals surface area contributed by atoms with Crippen molar-refractivity contribution in [1.82, 2.24) is 0 Å². The lowest BCUT2D eigenvalue weighted by Crippen LogP contribution is -2.04. The van der Waals surface area contributed by atoms with Crippen LogP contribution in [-0.2, 0) is 14.3 Å². The predicted molar refractivity (Wildman–Crippen MR) is 40.7 cm³/mol. The minimum atomic E-state index is -0.354. The van der Waals surface area contributed by atoms with E-state index in [1.807, 2.05) is 0 Å². The Balaban J connectivity index is 3.83. The second-order valence-electron chi connectivity index (χ2n) is 2.04. The topological polar surface area (TPSA) is 43.4 Å². The monoisotopic (exact) mass is 156 g/mol. The van der Waals surface area contributed by atoms with Gasteiger partial charge in [0.2, 0.25) is 0 Å². The molecule has 0 rings (SSSR count). The van der Waals surface area contributed by atoms with E-state index in [2.05, 4.69) is 4.74 Å². The molecule has 0 radical (unpaired) electrons. The molecule has 0 aromatic rings. The first-order valence-electron chi connectivity index (χ1n) is 3.63. The highest BCUT2D eigenvalue weighted by atomic mass is 16.5. The molecule has 3 heteroatoms. The van der Waals surface area contributed by atoms with Crippen molar-refractivity contribution in [2.75, 3.05) is 6.61 Å². The maximum Gasteiger partial charge on any atom is 0.310 e. The predicted octanol–water partition coefficient (Wildman–Crippen LogP) is 1.11. The summed E-state index contributed by atoms with van der Waals surface area (Å²) in [6, 6.07) is 0. The number of esters is 1. The van der Waals surface area contributed by atoms with Crippen molar-refractivity contribution in [1.29, 1.82) is 0 Å². The largest absolute Gasteiger partial charge is 0.466 e. The van der Waals surface area contributed by atoms with Gasteiger partial charge in [0, 0.05) is 5.57 Å². The quantitative estimate of drug-likeness (QED) is 0.452. The van der Waals surface area contributed by atoms with E-state index in [0.717, 1.165) is 0 Å². The molecular formula is C8H12O3. The Morgan fingerprint density at radius 1 is 1.45 bits per heavy atom. The Morgan fingerprint density at radius 3 is 2.45 bits per heavy atom.